The van der Waals surface area contributed by atoms with E-state index in [-0.39, 0.29) is 17.7 Å². The number of carbonyl (C=O) groups is 2. The van der Waals surface area contributed by atoms with Crippen molar-refractivity contribution in [1.82, 2.24) is 0 Å². The monoisotopic (exact) mass is 247 g/mol. The molecule has 0 bridgehead atoms. The van der Waals surface area contributed by atoms with Crippen LogP contribution in [0.1, 0.15) is 22.3 Å². The van der Waals surface area contributed by atoms with E-state index in [1.54, 1.807) is 0 Å². The standard InChI is InChI=1S/C12H9NO5/c1-18-12(15)4-2-3-9-5-6-11(13(16)17)10(7-9)8-14/h5-8H,4H2,1H3. The lowest BCUT2D eigenvalue weighted by molar-refractivity contribution is -0.385. The Kier molecular flexibility index (Phi) is 4.58. The Morgan fingerprint density at radius 1 is 1.56 bits per heavy atom. The van der Waals surface area contributed by atoms with E-state index in [9.17, 15) is 19.7 Å². The number of hydrogen-bond acceptors (Lipinski definition) is 5. The van der Waals surface area contributed by atoms with Crippen LogP contribution in [-0.4, -0.2) is 24.3 Å². The number of carbonyl (C=O) groups excluding carboxylic acids is 2. The molecule has 0 unspecified atom stereocenters. The number of aldehydes is 1. The third kappa shape index (κ3) is 3.42. The lowest BCUT2D eigenvalue weighted by Gasteiger charge is -1.96. The molecule has 0 spiro atoms. The zero-order valence-corrected chi connectivity index (χ0v) is 9.50. The van der Waals surface area contributed by atoms with Crippen molar-refractivity contribution in [3.8, 4) is 11.8 Å². The van der Waals surface area contributed by atoms with Crippen LogP contribution in [0.5, 0.6) is 0 Å². The largest absolute Gasteiger partial charge is 0.468 e. The first-order valence-electron chi connectivity index (χ1n) is 4.87. The molecule has 0 aliphatic rings. The molecule has 6 nitrogen and oxygen atoms in total. The first-order valence-corrected chi connectivity index (χ1v) is 4.87. The number of rotatable bonds is 3. The number of nitrogens with zero attached hydrogens (tertiary/aromatic N) is 1. The third-order valence-corrected chi connectivity index (χ3v) is 2.04. The number of ether oxygens (including phenoxy) is 1. The summed E-state index contributed by atoms with van der Waals surface area (Å²) in [5.74, 6) is 4.69. The summed E-state index contributed by atoms with van der Waals surface area (Å²) in [6.45, 7) is 0. The van der Waals surface area contributed by atoms with Crippen molar-refractivity contribution < 1.29 is 19.2 Å². The van der Waals surface area contributed by atoms with Crippen LogP contribution in [0.2, 0.25) is 0 Å². The van der Waals surface area contributed by atoms with E-state index in [1.165, 1.54) is 25.3 Å². The van der Waals surface area contributed by atoms with Crippen LogP contribution >= 0.6 is 0 Å². The van der Waals surface area contributed by atoms with E-state index >= 15 is 0 Å². The molecular weight excluding hydrogens is 238 g/mol. The van der Waals surface area contributed by atoms with Gasteiger partial charge in [0.25, 0.3) is 5.69 Å². The van der Waals surface area contributed by atoms with E-state index in [4.69, 9.17) is 0 Å². The second-order valence-electron chi connectivity index (χ2n) is 3.20. The summed E-state index contributed by atoms with van der Waals surface area (Å²) in [6.07, 6.45) is 0.313. The van der Waals surface area contributed by atoms with Gasteiger partial charge < -0.3 is 4.74 Å². The summed E-state index contributed by atoms with van der Waals surface area (Å²) in [5, 5.41) is 10.6. The highest BCUT2D eigenvalue weighted by molar-refractivity contribution is 5.82. The zero-order valence-electron chi connectivity index (χ0n) is 9.50. The van der Waals surface area contributed by atoms with E-state index in [1.807, 2.05) is 0 Å². The molecule has 92 valence electrons. The number of methoxy groups -OCH3 is 1. The zero-order chi connectivity index (χ0) is 13.5. The predicted octanol–water partition coefficient (Wildman–Crippen LogP) is 1.32. The summed E-state index contributed by atoms with van der Waals surface area (Å²) >= 11 is 0. The van der Waals surface area contributed by atoms with Gasteiger partial charge in [0.2, 0.25) is 0 Å². The molecule has 0 fully saturated rings. The molecule has 0 aliphatic heterocycles. The summed E-state index contributed by atoms with van der Waals surface area (Å²) in [6, 6.07) is 3.91. The highest BCUT2D eigenvalue weighted by atomic mass is 16.6. The Hall–Kier alpha value is -2.68. The minimum atomic E-state index is -0.643. The van der Waals surface area contributed by atoms with E-state index in [0.29, 0.717) is 11.8 Å². The van der Waals surface area contributed by atoms with Crippen molar-refractivity contribution >= 4 is 17.9 Å². The van der Waals surface area contributed by atoms with Crippen molar-refractivity contribution in [3.05, 3.63) is 39.4 Å². The Labute approximate surface area is 103 Å². The molecule has 0 saturated carbocycles. The van der Waals surface area contributed by atoms with Crippen molar-refractivity contribution in [3.63, 3.8) is 0 Å². The second kappa shape index (κ2) is 6.15. The SMILES string of the molecule is COC(=O)CC#Cc1ccc([N+](=O)[O-])c(C=O)c1. The van der Waals surface area contributed by atoms with Crippen molar-refractivity contribution in [2.24, 2.45) is 0 Å². The first-order chi connectivity index (χ1) is 8.58. The maximum absolute atomic E-state index is 10.8. The lowest BCUT2D eigenvalue weighted by atomic mass is 10.1. The molecule has 0 saturated heterocycles. The highest BCUT2D eigenvalue weighted by Crippen LogP contribution is 2.17. The van der Waals surface area contributed by atoms with E-state index in [2.05, 4.69) is 16.6 Å². The van der Waals surface area contributed by atoms with Gasteiger partial charge in [-0.05, 0) is 12.1 Å². The molecule has 18 heavy (non-hydrogen) atoms. The Morgan fingerprint density at radius 3 is 2.83 bits per heavy atom. The highest BCUT2D eigenvalue weighted by Gasteiger charge is 2.12. The van der Waals surface area contributed by atoms with Crippen LogP contribution < -0.4 is 0 Å². The van der Waals surface area contributed by atoms with Crippen LogP contribution in [0, 0.1) is 22.0 Å². The lowest BCUT2D eigenvalue weighted by Crippen LogP contribution is -1.97. The molecule has 1 aromatic rings. The molecule has 0 N–H and O–H groups in total. The fourth-order valence-corrected chi connectivity index (χ4v) is 1.18. The molecule has 0 aromatic heterocycles. The summed E-state index contributed by atoms with van der Waals surface area (Å²) in [7, 11) is 1.25. The van der Waals surface area contributed by atoms with Gasteiger partial charge in [-0.2, -0.15) is 0 Å². The average molecular weight is 247 g/mol. The maximum atomic E-state index is 10.8. The number of hydrogen-bond donors (Lipinski definition) is 0. The first kappa shape index (κ1) is 13.4. The number of nitro groups is 1. The molecule has 1 aromatic carbocycles. The average Bonchev–Trinajstić information content (AvgIpc) is 2.37. The molecule has 0 amide bonds. The predicted molar refractivity (Wildman–Crippen MR) is 62.0 cm³/mol. The number of nitro benzene ring substituents is 1. The van der Waals surface area contributed by atoms with Gasteiger partial charge >= 0.3 is 5.97 Å². The van der Waals surface area contributed by atoms with Crippen molar-refractivity contribution in [1.29, 1.82) is 0 Å². The molecule has 0 heterocycles. The van der Waals surface area contributed by atoms with Crippen LogP contribution in [0.15, 0.2) is 18.2 Å². The molecule has 1 rings (SSSR count). The summed E-state index contributed by atoms with van der Waals surface area (Å²) in [4.78, 5) is 31.4. The Bertz CT molecular complexity index is 553. The van der Waals surface area contributed by atoms with Gasteiger partial charge in [-0.1, -0.05) is 11.8 Å². The van der Waals surface area contributed by atoms with Crippen molar-refractivity contribution in [2.45, 2.75) is 6.42 Å². The smallest absolute Gasteiger partial charge is 0.317 e. The van der Waals surface area contributed by atoms with Crippen molar-refractivity contribution in [2.75, 3.05) is 7.11 Å². The number of benzene rings is 1. The van der Waals surface area contributed by atoms with E-state index in [0.717, 1.165) is 0 Å². The number of esters is 1. The quantitative estimate of drug-likeness (QED) is 0.264. The second-order valence-corrected chi connectivity index (χ2v) is 3.20. The minimum absolute atomic E-state index is 0.0510. The minimum Gasteiger partial charge on any atom is -0.468 e. The van der Waals surface area contributed by atoms with Crippen LogP contribution in [0.3, 0.4) is 0 Å². The Balaban J connectivity index is 2.96. The molecular formula is C12H9NO5. The van der Waals surface area contributed by atoms with Gasteiger partial charge in [0.05, 0.1) is 17.6 Å². The Morgan fingerprint density at radius 2 is 2.28 bits per heavy atom. The topological polar surface area (TPSA) is 86.5 Å². The van der Waals surface area contributed by atoms with Gasteiger partial charge in [0, 0.05) is 11.6 Å². The third-order valence-electron chi connectivity index (χ3n) is 2.04. The molecule has 0 atom stereocenters. The maximum Gasteiger partial charge on any atom is 0.317 e. The van der Waals surface area contributed by atoms with E-state index < -0.39 is 10.9 Å². The van der Waals surface area contributed by atoms with Crippen LogP contribution in [0.4, 0.5) is 5.69 Å². The van der Waals surface area contributed by atoms with Gasteiger partial charge in [0.15, 0.2) is 6.29 Å². The molecule has 6 heteroatoms. The summed E-state index contributed by atoms with van der Waals surface area (Å²) < 4.78 is 4.40. The van der Waals surface area contributed by atoms with Gasteiger partial charge in [0.1, 0.15) is 6.42 Å². The summed E-state index contributed by atoms with van der Waals surface area (Å²) in [5.41, 5.74) is 0.0972. The van der Waals surface area contributed by atoms with Crippen LogP contribution in [-0.2, 0) is 9.53 Å². The van der Waals surface area contributed by atoms with Gasteiger partial charge in [-0.15, -0.1) is 0 Å². The normalized spacial score (nSPS) is 8.94. The van der Waals surface area contributed by atoms with Gasteiger partial charge in [-0.25, -0.2) is 0 Å². The molecule has 0 aliphatic carbocycles. The van der Waals surface area contributed by atoms with Crippen LogP contribution in [0.25, 0.3) is 0 Å². The molecule has 0 radical (unpaired) electrons. The fourth-order valence-electron chi connectivity index (χ4n) is 1.18. The fraction of sp³-hybridized carbons (Fsp3) is 0.167. The van der Waals surface area contributed by atoms with Gasteiger partial charge in [-0.3, -0.25) is 19.7 Å².